The molecule has 1 rings (SSSR count). The molecule has 3 atom stereocenters. The van der Waals surface area contributed by atoms with E-state index in [2.05, 4.69) is 12.2 Å². The molecule has 4 nitrogen and oxygen atoms in total. The van der Waals surface area contributed by atoms with E-state index in [1.54, 1.807) is 0 Å². The van der Waals surface area contributed by atoms with Crippen LogP contribution in [0.2, 0.25) is 0 Å². The van der Waals surface area contributed by atoms with Crippen LogP contribution in [0.15, 0.2) is 0 Å². The van der Waals surface area contributed by atoms with E-state index in [4.69, 9.17) is 9.47 Å². The van der Waals surface area contributed by atoms with Gasteiger partial charge in [-0.25, -0.2) is 0 Å². The van der Waals surface area contributed by atoms with Gasteiger partial charge >= 0.3 is 0 Å². The molecule has 0 saturated heterocycles. The Kier molecular flexibility index (Phi) is 8.59. The van der Waals surface area contributed by atoms with Gasteiger partial charge in [0.25, 0.3) is 0 Å². The second-order valence-electron chi connectivity index (χ2n) is 5.37. The molecular weight excluding hydrogens is 230 g/mol. The minimum atomic E-state index is -0.412. The van der Waals surface area contributed by atoms with Gasteiger partial charge in [-0.3, -0.25) is 0 Å². The Bertz CT molecular complexity index is 201. The van der Waals surface area contributed by atoms with Crippen LogP contribution >= 0.6 is 0 Å². The second kappa shape index (κ2) is 9.73. The predicted molar refractivity (Wildman–Crippen MR) is 72.7 cm³/mol. The standard InChI is InChI=1S/C14H29NO3/c1-3-17-6-7-18-11-14(16)10-15-9-13-5-4-12(2)8-13/h12-16H,3-11H2,1-2H3. The molecule has 0 aromatic rings. The van der Waals surface area contributed by atoms with Gasteiger partial charge in [0.2, 0.25) is 0 Å². The monoisotopic (exact) mass is 259 g/mol. The molecule has 0 radical (unpaired) electrons. The Labute approximate surface area is 111 Å². The van der Waals surface area contributed by atoms with Gasteiger partial charge in [0.15, 0.2) is 0 Å². The topological polar surface area (TPSA) is 50.7 Å². The highest BCUT2D eigenvalue weighted by molar-refractivity contribution is 4.74. The van der Waals surface area contributed by atoms with Crippen molar-refractivity contribution < 1.29 is 14.6 Å². The van der Waals surface area contributed by atoms with Gasteiger partial charge in [-0.2, -0.15) is 0 Å². The summed E-state index contributed by atoms with van der Waals surface area (Å²) in [6.07, 6.45) is 3.60. The lowest BCUT2D eigenvalue weighted by molar-refractivity contribution is 0.00632. The summed E-state index contributed by atoms with van der Waals surface area (Å²) in [4.78, 5) is 0. The minimum absolute atomic E-state index is 0.390. The maximum atomic E-state index is 9.70. The molecule has 1 saturated carbocycles. The van der Waals surface area contributed by atoms with Crippen molar-refractivity contribution in [3.05, 3.63) is 0 Å². The van der Waals surface area contributed by atoms with E-state index in [-0.39, 0.29) is 0 Å². The Morgan fingerprint density at radius 3 is 2.72 bits per heavy atom. The van der Waals surface area contributed by atoms with Gasteiger partial charge in [-0.15, -0.1) is 0 Å². The zero-order valence-corrected chi connectivity index (χ0v) is 11.9. The van der Waals surface area contributed by atoms with Crippen molar-refractivity contribution in [1.82, 2.24) is 5.32 Å². The summed E-state index contributed by atoms with van der Waals surface area (Å²) >= 11 is 0. The van der Waals surface area contributed by atoms with Crippen molar-refractivity contribution >= 4 is 0 Å². The van der Waals surface area contributed by atoms with Crippen LogP contribution < -0.4 is 5.32 Å². The van der Waals surface area contributed by atoms with E-state index in [1.807, 2.05) is 6.92 Å². The number of ether oxygens (including phenoxy) is 2. The number of aliphatic hydroxyl groups is 1. The first kappa shape index (κ1) is 15.9. The van der Waals surface area contributed by atoms with Crippen LogP contribution in [-0.4, -0.2) is 50.7 Å². The Morgan fingerprint density at radius 2 is 2.06 bits per heavy atom. The molecule has 4 heteroatoms. The largest absolute Gasteiger partial charge is 0.389 e. The summed E-state index contributed by atoms with van der Waals surface area (Å²) in [7, 11) is 0. The van der Waals surface area contributed by atoms with Crippen molar-refractivity contribution in [2.24, 2.45) is 11.8 Å². The Morgan fingerprint density at radius 1 is 1.28 bits per heavy atom. The van der Waals surface area contributed by atoms with Crippen LogP contribution in [0.4, 0.5) is 0 Å². The fourth-order valence-corrected chi connectivity index (χ4v) is 2.50. The summed E-state index contributed by atoms with van der Waals surface area (Å²) in [6, 6.07) is 0. The van der Waals surface area contributed by atoms with Crippen molar-refractivity contribution in [3.8, 4) is 0 Å². The zero-order chi connectivity index (χ0) is 13.2. The normalized spacial score (nSPS) is 25.5. The molecule has 18 heavy (non-hydrogen) atoms. The maximum Gasteiger partial charge on any atom is 0.0897 e. The summed E-state index contributed by atoms with van der Waals surface area (Å²) in [6.45, 7) is 8.21. The van der Waals surface area contributed by atoms with Crippen LogP contribution in [0.3, 0.4) is 0 Å². The van der Waals surface area contributed by atoms with Crippen LogP contribution in [0, 0.1) is 11.8 Å². The fraction of sp³-hybridized carbons (Fsp3) is 1.00. The third-order valence-electron chi connectivity index (χ3n) is 3.50. The molecule has 0 heterocycles. The first-order valence-corrected chi connectivity index (χ1v) is 7.26. The second-order valence-corrected chi connectivity index (χ2v) is 5.37. The van der Waals surface area contributed by atoms with Crippen LogP contribution in [0.25, 0.3) is 0 Å². The lowest BCUT2D eigenvalue weighted by Crippen LogP contribution is -2.33. The summed E-state index contributed by atoms with van der Waals surface area (Å²) < 4.78 is 10.5. The van der Waals surface area contributed by atoms with Crippen molar-refractivity contribution in [2.45, 2.75) is 39.2 Å². The molecule has 1 fully saturated rings. The van der Waals surface area contributed by atoms with E-state index in [9.17, 15) is 5.11 Å². The van der Waals surface area contributed by atoms with Crippen molar-refractivity contribution in [1.29, 1.82) is 0 Å². The van der Waals surface area contributed by atoms with Gasteiger partial charge in [0, 0.05) is 13.2 Å². The third kappa shape index (κ3) is 7.31. The minimum Gasteiger partial charge on any atom is -0.389 e. The highest BCUT2D eigenvalue weighted by Crippen LogP contribution is 2.29. The number of nitrogens with one attached hydrogen (secondary N) is 1. The molecule has 3 unspecified atom stereocenters. The number of hydrogen-bond donors (Lipinski definition) is 2. The van der Waals surface area contributed by atoms with Crippen molar-refractivity contribution in [2.75, 3.05) is 39.5 Å². The van der Waals surface area contributed by atoms with Gasteiger partial charge < -0.3 is 19.9 Å². The predicted octanol–water partition coefficient (Wildman–Crippen LogP) is 1.43. The van der Waals surface area contributed by atoms with E-state index in [0.717, 1.165) is 18.4 Å². The quantitative estimate of drug-likeness (QED) is 0.583. The van der Waals surface area contributed by atoms with E-state index in [1.165, 1.54) is 19.3 Å². The van der Waals surface area contributed by atoms with Crippen LogP contribution in [0.1, 0.15) is 33.1 Å². The van der Waals surface area contributed by atoms with Crippen LogP contribution in [-0.2, 0) is 9.47 Å². The third-order valence-corrected chi connectivity index (χ3v) is 3.50. The molecule has 108 valence electrons. The first-order chi connectivity index (χ1) is 8.72. The molecule has 0 bridgehead atoms. The van der Waals surface area contributed by atoms with Gasteiger partial charge in [-0.05, 0) is 38.1 Å². The summed E-state index contributed by atoms with van der Waals surface area (Å²) in [5.74, 6) is 1.68. The molecule has 0 aromatic carbocycles. The zero-order valence-electron chi connectivity index (χ0n) is 11.9. The molecule has 0 spiro atoms. The average Bonchev–Trinajstić information content (AvgIpc) is 2.75. The molecule has 2 N–H and O–H groups in total. The Hall–Kier alpha value is -0.160. The summed E-state index contributed by atoms with van der Waals surface area (Å²) in [5, 5.41) is 13.0. The maximum absolute atomic E-state index is 9.70. The molecule has 0 amide bonds. The van der Waals surface area contributed by atoms with E-state index in [0.29, 0.717) is 33.0 Å². The lowest BCUT2D eigenvalue weighted by Gasteiger charge is -2.15. The number of hydrogen-bond acceptors (Lipinski definition) is 4. The molecule has 0 aromatic heterocycles. The fourth-order valence-electron chi connectivity index (χ4n) is 2.50. The smallest absolute Gasteiger partial charge is 0.0897 e. The molecule has 1 aliphatic rings. The Balaban J connectivity index is 1.88. The number of aliphatic hydroxyl groups excluding tert-OH is 1. The summed E-state index contributed by atoms with van der Waals surface area (Å²) in [5.41, 5.74) is 0. The van der Waals surface area contributed by atoms with Gasteiger partial charge in [0.1, 0.15) is 0 Å². The molecule has 0 aliphatic heterocycles. The van der Waals surface area contributed by atoms with E-state index < -0.39 is 6.10 Å². The highest BCUT2D eigenvalue weighted by Gasteiger charge is 2.20. The average molecular weight is 259 g/mol. The van der Waals surface area contributed by atoms with Crippen molar-refractivity contribution in [3.63, 3.8) is 0 Å². The van der Waals surface area contributed by atoms with Gasteiger partial charge in [-0.1, -0.05) is 13.3 Å². The molecular formula is C14H29NO3. The lowest BCUT2D eigenvalue weighted by atomic mass is 10.1. The van der Waals surface area contributed by atoms with Gasteiger partial charge in [0.05, 0.1) is 25.9 Å². The number of rotatable bonds is 10. The van der Waals surface area contributed by atoms with E-state index >= 15 is 0 Å². The van der Waals surface area contributed by atoms with Crippen LogP contribution in [0.5, 0.6) is 0 Å². The molecule has 1 aliphatic carbocycles. The first-order valence-electron chi connectivity index (χ1n) is 7.26. The highest BCUT2D eigenvalue weighted by atomic mass is 16.5. The SMILES string of the molecule is CCOCCOCC(O)CNCC1CCC(C)C1.